The SMILES string of the molecule is CCc1ccc(N2C(=S)N[C@H](c3ccccn3)[C@H]2c2cc(C)n(-c3cccc(C(=O)OC)c3)c2C)cc1. The lowest BCUT2D eigenvalue weighted by Gasteiger charge is -2.28. The van der Waals surface area contributed by atoms with Gasteiger partial charge in [0, 0.05) is 29.0 Å². The number of benzene rings is 2. The van der Waals surface area contributed by atoms with Crippen LogP contribution < -0.4 is 10.2 Å². The van der Waals surface area contributed by atoms with Gasteiger partial charge in [-0.2, -0.15) is 0 Å². The number of pyridine rings is 1. The van der Waals surface area contributed by atoms with Gasteiger partial charge in [0.1, 0.15) is 0 Å². The zero-order valence-corrected chi connectivity index (χ0v) is 22.3. The summed E-state index contributed by atoms with van der Waals surface area (Å²) in [6.07, 6.45) is 2.80. The smallest absolute Gasteiger partial charge is 0.337 e. The number of hydrogen-bond acceptors (Lipinski definition) is 4. The minimum Gasteiger partial charge on any atom is -0.465 e. The van der Waals surface area contributed by atoms with Crippen LogP contribution in [0, 0.1) is 13.8 Å². The molecule has 2 aromatic carbocycles. The summed E-state index contributed by atoms with van der Waals surface area (Å²) in [6.45, 7) is 6.35. The van der Waals surface area contributed by atoms with Crippen molar-refractivity contribution in [1.82, 2.24) is 14.9 Å². The topological polar surface area (TPSA) is 59.4 Å². The third kappa shape index (κ3) is 4.51. The molecule has 6 nitrogen and oxygen atoms in total. The van der Waals surface area contributed by atoms with E-state index >= 15 is 0 Å². The van der Waals surface area contributed by atoms with Gasteiger partial charge in [-0.15, -0.1) is 0 Å². The van der Waals surface area contributed by atoms with Crippen molar-refractivity contribution in [2.45, 2.75) is 39.3 Å². The highest BCUT2D eigenvalue weighted by atomic mass is 32.1. The van der Waals surface area contributed by atoms with Gasteiger partial charge in [0.05, 0.1) is 30.5 Å². The molecule has 37 heavy (non-hydrogen) atoms. The van der Waals surface area contributed by atoms with Crippen molar-refractivity contribution in [2.75, 3.05) is 12.0 Å². The minimum atomic E-state index is -0.355. The summed E-state index contributed by atoms with van der Waals surface area (Å²) in [5.74, 6) is -0.355. The van der Waals surface area contributed by atoms with Crippen molar-refractivity contribution in [2.24, 2.45) is 0 Å². The average molecular weight is 511 g/mol. The highest BCUT2D eigenvalue weighted by Gasteiger charge is 2.42. The van der Waals surface area contributed by atoms with Crippen LogP contribution in [0.15, 0.2) is 79.0 Å². The van der Waals surface area contributed by atoms with Crippen molar-refractivity contribution >= 4 is 29.0 Å². The molecule has 0 bridgehead atoms. The van der Waals surface area contributed by atoms with E-state index < -0.39 is 0 Å². The molecule has 0 saturated carbocycles. The molecule has 7 heteroatoms. The Morgan fingerprint density at radius 2 is 1.81 bits per heavy atom. The number of rotatable bonds is 6. The van der Waals surface area contributed by atoms with Crippen LogP contribution in [0.25, 0.3) is 5.69 Å². The molecular formula is C30H30N4O2S. The summed E-state index contributed by atoms with van der Waals surface area (Å²) < 4.78 is 7.12. The average Bonchev–Trinajstić information content (AvgIpc) is 3.43. The van der Waals surface area contributed by atoms with E-state index in [0.29, 0.717) is 10.7 Å². The fourth-order valence-corrected chi connectivity index (χ4v) is 5.56. The van der Waals surface area contributed by atoms with Crippen LogP contribution in [0.2, 0.25) is 0 Å². The van der Waals surface area contributed by atoms with Crippen molar-refractivity contribution in [3.05, 3.63) is 113 Å². The Bertz CT molecular complexity index is 1450. The molecule has 2 atom stereocenters. The second-order valence-electron chi connectivity index (χ2n) is 9.22. The first-order valence-electron chi connectivity index (χ1n) is 12.4. The second-order valence-corrected chi connectivity index (χ2v) is 9.61. The standard InChI is InChI=1S/C30H30N4O2S/c1-5-21-12-14-23(15-13-21)34-28(27(32-30(34)37)26-11-6-7-16-31-26)25-17-19(2)33(20(25)3)24-10-8-9-22(18-24)29(35)36-4/h6-18,27-28H,5H2,1-4H3,(H,32,37)/t27-,28-/m1/s1. The Morgan fingerprint density at radius 1 is 1.03 bits per heavy atom. The molecule has 0 unspecified atom stereocenters. The summed E-state index contributed by atoms with van der Waals surface area (Å²) in [5, 5.41) is 4.22. The summed E-state index contributed by atoms with van der Waals surface area (Å²) in [4.78, 5) is 19.1. The van der Waals surface area contributed by atoms with Gasteiger partial charge in [0.25, 0.3) is 0 Å². The third-order valence-electron chi connectivity index (χ3n) is 7.04. The fraction of sp³-hybridized carbons (Fsp3) is 0.233. The monoisotopic (exact) mass is 510 g/mol. The van der Waals surface area contributed by atoms with E-state index in [2.05, 4.69) is 70.9 Å². The number of nitrogens with zero attached hydrogens (tertiary/aromatic N) is 3. The molecule has 4 aromatic rings. The summed E-state index contributed by atoms with van der Waals surface area (Å²) in [6, 6.07) is 24.0. The number of carbonyl (C=O) groups excluding carboxylic acids is 1. The molecule has 1 aliphatic heterocycles. The molecule has 188 valence electrons. The number of esters is 1. The van der Waals surface area contributed by atoms with Crippen molar-refractivity contribution in [3.63, 3.8) is 0 Å². The molecule has 1 fully saturated rings. The van der Waals surface area contributed by atoms with Crippen LogP contribution in [0.5, 0.6) is 0 Å². The Morgan fingerprint density at radius 3 is 2.49 bits per heavy atom. The molecule has 1 aliphatic rings. The number of carbonyl (C=O) groups is 1. The van der Waals surface area contributed by atoms with Gasteiger partial charge < -0.3 is 19.5 Å². The van der Waals surface area contributed by atoms with Gasteiger partial charge in [-0.1, -0.05) is 31.2 Å². The predicted octanol–water partition coefficient (Wildman–Crippen LogP) is 6.02. The zero-order chi connectivity index (χ0) is 26.1. The van der Waals surface area contributed by atoms with E-state index in [4.69, 9.17) is 17.0 Å². The molecule has 0 aliphatic carbocycles. The van der Waals surface area contributed by atoms with Gasteiger partial charge >= 0.3 is 5.97 Å². The number of nitrogens with one attached hydrogen (secondary N) is 1. The number of aryl methyl sites for hydroxylation is 2. The number of aromatic nitrogens is 2. The van der Waals surface area contributed by atoms with E-state index in [-0.39, 0.29) is 18.1 Å². The molecule has 0 spiro atoms. The van der Waals surface area contributed by atoms with E-state index in [9.17, 15) is 4.79 Å². The quantitative estimate of drug-likeness (QED) is 0.253. The lowest BCUT2D eigenvalue weighted by Crippen LogP contribution is -2.29. The first-order valence-corrected chi connectivity index (χ1v) is 12.8. The Balaban J connectivity index is 1.65. The first-order chi connectivity index (χ1) is 17.9. The maximum absolute atomic E-state index is 12.2. The molecular weight excluding hydrogens is 480 g/mol. The molecule has 0 radical (unpaired) electrons. The van der Waals surface area contributed by atoms with Crippen LogP contribution in [0.4, 0.5) is 5.69 Å². The van der Waals surface area contributed by atoms with Gasteiger partial charge in [0.2, 0.25) is 0 Å². The highest BCUT2D eigenvalue weighted by Crippen LogP contribution is 2.43. The van der Waals surface area contributed by atoms with E-state index in [1.807, 2.05) is 42.6 Å². The predicted molar refractivity (Wildman–Crippen MR) is 150 cm³/mol. The molecule has 3 heterocycles. The van der Waals surface area contributed by atoms with Crippen molar-refractivity contribution in [3.8, 4) is 5.69 Å². The maximum atomic E-state index is 12.2. The number of hydrogen-bond donors (Lipinski definition) is 1. The zero-order valence-electron chi connectivity index (χ0n) is 21.4. The summed E-state index contributed by atoms with van der Waals surface area (Å²) in [7, 11) is 1.40. The van der Waals surface area contributed by atoms with Crippen molar-refractivity contribution in [1.29, 1.82) is 0 Å². The van der Waals surface area contributed by atoms with Crippen LogP contribution in [0.1, 0.15) is 57.6 Å². The molecule has 2 aromatic heterocycles. The first kappa shape index (κ1) is 24.7. The Labute approximate surface area is 222 Å². The Kier molecular flexibility index (Phi) is 6.80. The maximum Gasteiger partial charge on any atom is 0.337 e. The summed E-state index contributed by atoms with van der Waals surface area (Å²) >= 11 is 5.90. The normalized spacial score (nSPS) is 17.1. The van der Waals surface area contributed by atoms with Crippen LogP contribution in [0.3, 0.4) is 0 Å². The molecule has 5 rings (SSSR count). The number of anilines is 1. The van der Waals surface area contributed by atoms with Gasteiger partial charge in [-0.05, 0) is 92.1 Å². The Hall–Kier alpha value is -3.97. The highest BCUT2D eigenvalue weighted by molar-refractivity contribution is 7.80. The van der Waals surface area contributed by atoms with E-state index in [0.717, 1.165) is 40.4 Å². The van der Waals surface area contributed by atoms with E-state index in [1.54, 1.807) is 6.07 Å². The molecule has 0 amide bonds. The van der Waals surface area contributed by atoms with Gasteiger partial charge in [0.15, 0.2) is 5.11 Å². The minimum absolute atomic E-state index is 0.112. The van der Waals surface area contributed by atoms with Crippen LogP contribution in [-0.2, 0) is 11.2 Å². The number of thiocarbonyl (C=S) groups is 1. The second kappa shape index (κ2) is 10.2. The molecule has 1 saturated heterocycles. The number of ether oxygens (including phenoxy) is 1. The lowest BCUT2D eigenvalue weighted by molar-refractivity contribution is 0.0600. The van der Waals surface area contributed by atoms with Gasteiger partial charge in [-0.3, -0.25) is 4.98 Å². The van der Waals surface area contributed by atoms with Crippen LogP contribution >= 0.6 is 12.2 Å². The third-order valence-corrected chi connectivity index (χ3v) is 7.35. The van der Waals surface area contributed by atoms with Crippen molar-refractivity contribution < 1.29 is 9.53 Å². The van der Waals surface area contributed by atoms with Crippen LogP contribution in [-0.4, -0.2) is 27.7 Å². The molecule has 1 N–H and O–H groups in total. The lowest BCUT2D eigenvalue weighted by atomic mass is 9.96. The number of methoxy groups -OCH3 is 1. The van der Waals surface area contributed by atoms with E-state index in [1.165, 1.54) is 12.7 Å². The fourth-order valence-electron chi connectivity index (χ4n) is 5.22. The van der Waals surface area contributed by atoms with Gasteiger partial charge in [-0.25, -0.2) is 4.79 Å². The largest absolute Gasteiger partial charge is 0.465 e. The summed E-state index contributed by atoms with van der Waals surface area (Å²) in [5.41, 5.74) is 7.95.